The molecule has 0 fully saturated rings. The number of nitrogens with zero attached hydrogens (tertiary/aromatic N) is 2. The number of nitrogens with two attached hydrogens (primary N) is 1. The molecule has 1 heterocycles. The Morgan fingerprint density at radius 2 is 2.06 bits per heavy atom. The molecule has 0 saturated heterocycles. The minimum atomic E-state index is 0.497. The Hall–Kier alpha value is -0.840. The van der Waals surface area contributed by atoms with Crippen molar-refractivity contribution in [2.24, 2.45) is 0 Å². The van der Waals surface area contributed by atoms with Crippen LogP contribution in [0.1, 0.15) is 11.4 Å². The summed E-state index contributed by atoms with van der Waals surface area (Å²) >= 11 is 13.1. The van der Waals surface area contributed by atoms with Crippen LogP contribution >= 0.6 is 34.7 Å². The van der Waals surface area contributed by atoms with E-state index < -0.39 is 0 Å². The summed E-state index contributed by atoms with van der Waals surface area (Å²) in [5, 5.41) is 1.82. The highest BCUT2D eigenvalue weighted by molar-refractivity contribution is 7.09. The maximum Gasteiger partial charge on any atom is 0.199 e. The summed E-state index contributed by atoms with van der Waals surface area (Å²) in [5.74, 6) is 0.758. The topological polar surface area (TPSA) is 51.8 Å². The van der Waals surface area contributed by atoms with E-state index in [2.05, 4.69) is 9.36 Å². The fraction of sp³-hybridized carbons (Fsp3) is 0.200. The third-order valence-electron chi connectivity index (χ3n) is 2.12. The maximum absolute atomic E-state index is 6.05. The van der Waals surface area contributed by atoms with Crippen LogP contribution in [0.3, 0.4) is 0 Å². The van der Waals surface area contributed by atoms with Gasteiger partial charge in [0, 0.05) is 28.0 Å². The van der Waals surface area contributed by atoms with Crippen LogP contribution < -0.4 is 5.73 Å². The van der Waals surface area contributed by atoms with Crippen molar-refractivity contribution in [2.45, 2.75) is 12.8 Å². The zero-order valence-electron chi connectivity index (χ0n) is 8.28. The molecular weight excluding hydrogens is 265 g/mol. The highest BCUT2D eigenvalue weighted by Gasteiger charge is 2.05. The van der Waals surface area contributed by atoms with Gasteiger partial charge in [0.25, 0.3) is 0 Å². The summed E-state index contributed by atoms with van der Waals surface area (Å²) < 4.78 is 4.11. The molecule has 1 aromatic heterocycles. The number of aromatic nitrogens is 2. The molecule has 0 aliphatic heterocycles. The van der Waals surface area contributed by atoms with E-state index in [-0.39, 0.29) is 0 Å². The van der Waals surface area contributed by atoms with E-state index in [0.29, 0.717) is 15.2 Å². The third kappa shape index (κ3) is 2.84. The highest BCUT2D eigenvalue weighted by atomic mass is 35.5. The zero-order valence-corrected chi connectivity index (χ0v) is 10.6. The molecule has 2 rings (SSSR count). The first-order valence-electron chi connectivity index (χ1n) is 4.67. The first kappa shape index (κ1) is 11.6. The summed E-state index contributed by atoms with van der Waals surface area (Å²) in [4.78, 5) is 4.09. The molecule has 2 aromatic rings. The molecule has 3 nitrogen and oxygen atoms in total. The van der Waals surface area contributed by atoms with E-state index in [1.54, 1.807) is 6.07 Å². The number of hydrogen-bond acceptors (Lipinski definition) is 4. The molecule has 6 heteroatoms. The van der Waals surface area contributed by atoms with Crippen LogP contribution in [-0.2, 0) is 12.8 Å². The summed E-state index contributed by atoms with van der Waals surface area (Å²) in [6.07, 6.45) is 1.52. The minimum absolute atomic E-state index is 0.497. The second-order valence-electron chi connectivity index (χ2n) is 3.28. The Bertz CT molecular complexity index is 499. The van der Waals surface area contributed by atoms with E-state index in [9.17, 15) is 0 Å². The Labute approximate surface area is 107 Å². The molecule has 0 spiro atoms. The van der Waals surface area contributed by atoms with Crippen molar-refractivity contribution in [2.75, 3.05) is 5.73 Å². The number of nitrogen functional groups attached to an aromatic ring is 1. The average molecular weight is 274 g/mol. The first-order valence-corrected chi connectivity index (χ1v) is 6.20. The summed E-state index contributed by atoms with van der Waals surface area (Å²) in [7, 11) is 0. The molecule has 0 amide bonds. The summed E-state index contributed by atoms with van der Waals surface area (Å²) in [6.45, 7) is 0. The van der Waals surface area contributed by atoms with E-state index >= 15 is 0 Å². The molecular formula is C10H9Cl2N3S. The predicted octanol–water partition coefficient (Wildman–Crippen LogP) is 3.21. The van der Waals surface area contributed by atoms with Gasteiger partial charge in [-0.2, -0.15) is 4.37 Å². The van der Waals surface area contributed by atoms with Crippen LogP contribution in [0.15, 0.2) is 18.2 Å². The third-order valence-corrected chi connectivity index (χ3v) is 3.28. The number of rotatable bonds is 3. The van der Waals surface area contributed by atoms with Gasteiger partial charge in [0.15, 0.2) is 5.13 Å². The van der Waals surface area contributed by atoms with Crippen LogP contribution in [0.4, 0.5) is 5.13 Å². The molecule has 0 aliphatic rings. The average Bonchev–Trinajstić information content (AvgIpc) is 2.63. The number of aryl methyl sites for hydroxylation is 2. The lowest BCUT2D eigenvalue weighted by atomic mass is 10.1. The van der Waals surface area contributed by atoms with Gasteiger partial charge < -0.3 is 5.73 Å². The number of halogens is 2. The van der Waals surface area contributed by atoms with Crippen molar-refractivity contribution < 1.29 is 0 Å². The smallest absolute Gasteiger partial charge is 0.199 e. The van der Waals surface area contributed by atoms with Crippen molar-refractivity contribution in [1.29, 1.82) is 0 Å². The minimum Gasteiger partial charge on any atom is -0.374 e. The van der Waals surface area contributed by atoms with Gasteiger partial charge in [-0.1, -0.05) is 29.3 Å². The van der Waals surface area contributed by atoms with Crippen molar-refractivity contribution in [3.63, 3.8) is 0 Å². The van der Waals surface area contributed by atoms with Crippen LogP contribution in [0.5, 0.6) is 0 Å². The molecule has 84 valence electrons. The van der Waals surface area contributed by atoms with Crippen molar-refractivity contribution in [3.05, 3.63) is 39.6 Å². The lowest BCUT2D eigenvalue weighted by Gasteiger charge is -2.02. The highest BCUT2D eigenvalue weighted by Crippen LogP contribution is 2.22. The second-order valence-corrected chi connectivity index (χ2v) is 4.91. The van der Waals surface area contributed by atoms with Crippen molar-refractivity contribution >= 4 is 39.9 Å². The lowest BCUT2D eigenvalue weighted by Crippen LogP contribution is -1.95. The van der Waals surface area contributed by atoms with Gasteiger partial charge in [-0.3, -0.25) is 0 Å². The van der Waals surface area contributed by atoms with Gasteiger partial charge in [0.2, 0.25) is 0 Å². The van der Waals surface area contributed by atoms with Crippen molar-refractivity contribution in [1.82, 2.24) is 9.36 Å². The summed E-state index contributed by atoms with van der Waals surface area (Å²) in [5.41, 5.74) is 6.54. The molecule has 0 unspecified atom stereocenters. The van der Waals surface area contributed by atoms with Gasteiger partial charge in [-0.05, 0) is 24.1 Å². The molecule has 0 aliphatic carbocycles. The van der Waals surface area contributed by atoms with Gasteiger partial charge in [0.05, 0.1) is 0 Å². The molecule has 1 aromatic carbocycles. The van der Waals surface area contributed by atoms with Gasteiger partial charge in [-0.25, -0.2) is 4.98 Å². The number of benzene rings is 1. The van der Waals surface area contributed by atoms with E-state index in [1.807, 2.05) is 12.1 Å². The Morgan fingerprint density at radius 3 is 2.69 bits per heavy atom. The van der Waals surface area contributed by atoms with Gasteiger partial charge >= 0.3 is 0 Å². The van der Waals surface area contributed by atoms with E-state index in [0.717, 1.165) is 24.2 Å². The zero-order chi connectivity index (χ0) is 11.5. The maximum atomic E-state index is 6.05. The molecule has 0 radical (unpaired) electrons. The fourth-order valence-corrected chi connectivity index (χ4v) is 2.32. The van der Waals surface area contributed by atoms with Crippen LogP contribution in [0.25, 0.3) is 0 Å². The lowest BCUT2D eigenvalue weighted by molar-refractivity contribution is 0.892. The van der Waals surface area contributed by atoms with E-state index in [1.165, 1.54) is 11.5 Å². The largest absolute Gasteiger partial charge is 0.374 e. The van der Waals surface area contributed by atoms with Gasteiger partial charge in [0.1, 0.15) is 5.82 Å². The normalized spacial score (nSPS) is 10.6. The van der Waals surface area contributed by atoms with Crippen LogP contribution in [0, 0.1) is 0 Å². The number of anilines is 1. The molecule has 0 atom stereocenters. The first-order chi connectivity index (χ1) is 7.65. The Morgan fingerprint density at radius 1 is 1.25 bits per heavy atom. The predicted molar refractivity (Wildman–Crippen MR) is 68.2 cm³/mol. The Kier molecular flexibility index (Phi) is 3.63. The van der Waals surface area contributed by atoms with E-state index in [4.69, 9.17) is 28.9 Å². The standard InChI is InChI=1S/C10H9Cl2N3S/c11-7-3-1-6(8(12)5-7)2-4-9-14-10(13)16-15-9/h1,3,5H,2,4H2,(H2,13,14,15). The van der Waals surface area contributed by atoms with Crippen LogP contribution in [-0.4, -0.2) is 9.36 Å². The fourth-order valence-electron chi connectivity index (χ4n) is 1.34. The Balaban J connectivity index is 2.04. The molecule has 0 bridgehead atoms. The van der Waals surface area contributed by atoms with Gasteiger partial charge in [-0.15, -0.1) is 0 Å². The SMILES string of the molecule is Nc1nc(CCc2ccc(Cl)cc2Cl)ns1. The second kappa shape index (κ2) is 4.99. The molecule has 16 heavy (non-hydrogen) atoms. The quantitative estimate of drug-likeness (QED) is 0.935. The van der Waals surface area contributed by atoms with Crippen molar-refractivity contribution in [3.8, 4) is 0 Å². The van der Waals surface area contributed by atoms with Crippen LogP contribution in [0.2, 0.25) is 10.0 Å². The molecule has 2 N–H and O–H groups in total. The molecule has 0 saturated carbocycles. The summed E-state index contributed by atoms with van der Waals surface area (Å²) in [6, 6.07) is 5.48. The monoisotopic (exact) mass is 273 g/mol. The number of hydrogen-bond donors (Lipinski definition) is 1.